The summed E-state index contributed by atoms with van der Waals surface area (Å²) in [6, 6.07) is 15.6. The smallest absolute Gasteiger partial charge is 0.339 e. The zero-order valence-electron chi connectivity index (χ0n) is 34.6. The van der Waals surface area contributed by atoms with Gasteiger partial charge in [-0.25, -0.2) is 19.2 Å². The minimum atomic E-state index is -1.57. The lowest BCUT2D eigenvalue weighted by Gasteiger charge is -2.30. The molecule has 1 aliphatic rings. The van der Waals surface area contributed by atoms with Crippen LogP contribution in [0.4, 0.5) is 28.4 Å². The number of nitro groups is 5. The number of carbonyl (C=O) groups is 4. The number of methoxy groups -OCH3 is 1. The van der Waals surface area contributed by atoms with Crippen LogP contribution in [-0.4, -0.2) is 81.5 Å². The molecule has 1 aliphatic heterocycles. The Hall–Kier alpha value is -9.16. The van der Waals surface area contributed by atoms with Gasteiger partial charge in [0.15, 0.2) is 6.10 Å². The van der Waals surface area contributed by atoms with Crippen LogP contribution in [0.1, 0.15) is 51.6 Å². The Kier molecular flexibility index (Phi) is 15.1. The second-order valence-corrected chi connectivity index (χ2v) is 14.0. The fourth-order valence-electron chi connectivity index (χ4n) is 6.51. The normalized spacial score (nSPS) is 13.7. The Balaban J connectivity index is 1.29. The molecule has 0 fully saturated rings. The summed E-state index contributed by atoms with van der Waals surface area (Å²) in [7, 11) is 1.15. The van der Waals surface area contributed by atoms with E-state index in [9.17, 15) is 69.7 Å². The fourth-order valence-corrected chi connectivity index (χ4v) is 6.51. The maximum Gasteiger partial charge on any atom is 0.339 e. The van der Waals surface area contributed by atoms with Gasteiger partial charge in [0.05, 0.1) is 78.7 Å². The number of nitro benzene ring substituents is 5. The highest BCUT2D eigenvalue weighted by Crippen LogP contribution is 2.40. The number of ether oxygens (including phenoxy) is 5. The molecule has 1 N–H and O–H groups in total. The molecule has 0 bridgehead atoms. The second kappa shape index (κ2) is 20.8. The van der Waals surface area contributed by atoms with Crippen molar-refractivity contribution in [2.45, 2.75) is 32.3 Å². The molecule has 1 heterocycles. The maximum atomic E-state index is 13.7. The van der Waals surface area contributed by atoms with Crippen LogP contribution in [0.25, 0.3) is 0 Å². The average molecular weight is 915 g/mol. The molecule has 342 valence electrons. The molecule has 2 atom stereocenters. The Morgan fingerprint density at radius 3 is 1.59 bits per heavy atom. The molecule has 0 spiro atoms. The van der Waals surface area contributed by atoms with Gasteiger partial charge in [-0.3, -0.25) is 50.6 Å². The van der Waals surface area contributed by atoms with Gasteiger partial charge in [-0.1, -0.05) is 24.3 Å². The SMILES string of the molecule is COC(=O)C1=C(C)NC(C)=C(C(=O)OCCc2ccc(OC[C@H](COC(=O)c3cc([N+](=O)[O-])cc([N+](=O)[O-])c3)OC(=O)c3cc([N+](=O)[O-])cc([N+](=O)[O-])c3)cc2)[C@@H]1c1cccc([N+](=O)[O-])c1. The van der Waals surface area contributed by atoms with Crippen LogP contribution in [-0.2, 0) is 35.0 Å². The lowest BCUT2D eigenvalue weighted by Crippen LogP contribution is -2.32. The highest BCUT2D eigenvalue weighted by atomic mass is 16.6. The Morgan fingerprint density at radius 1 is 0.591 bits per heavy atom. The molecule has 0 aromatic heterocycles. The maximum absolute atomic E-state index is 13.7. The molecule has 4 aromatic rings. The topological polar surface area (TPSA) is 342 Å². The molecule has 25 heteroatoms. The van der Waals surface area contributed by atoms with Gasteiger partial charge in [-0.15, -0.1) is 0 Å². The molecular formula is C41H34N6O19. The summed E-state index contributed by atoms with van der Waals surface area (Å²) in [5.74, 6) is -5.21. The van der Waals surface area contributed by atoms with Crippen molar-refractivity contribution in [3.63, 3.8) is 0 Å². The van der Waals surface area contributed by atoms with E-state index in [1.165, 1.54) is 36.4 Å². The third-order valence-corrected chi connectivity index (χ3v) is 9.58. The molecule has 4 aromatic carbocycles. The van der Waals surface area contributed by atoms with Gasteiger partial charge in [-0.2, -0.15) is 0 Å². The summed E-state index contributed by atoms with van der Waals surface area (Å²) in [6.45, 7) is 1.54. The van der Waals surface area contributed by atoms with Crippen molar-refractivity contribution in [1.82, 2.24) is 5.32 Å². The fraction of sp³-hybridized carbons (Fsp3) is 0.220. The predicted molar refractivity (Wildman–Crippen MR) is 222 cm³/mol. The first-order chi connectivity index (χ1) is 31.3. The van der Waals surface area contributed by atoms with Crippen LogP contribution in [0.5, 0.6) is 5.75 Å². The Labute approximate surface area is 369 Å². The molecule has 0 radical (unpaired) electrons. The standard InChI is InChI=1S/C41H34N6O19/c1-22-35(40(50)62-3)37(25-5-4-6-28(13-25)43(52)53)36(23(2)42-22)41(51)63-12-11-24-7-9-33(10-8-24)64-20-34(66-39(49)27-16-31(46(58)59)19-32(17-27)47(60)61)21-65-38(48)26-14-29(44(54)55)18-30(15-26)45(56)57/h4-10,13-19,34,37,42H,11-12,20-21H2,1-3H3/t34-,37-/m1/s1. The molecule has 0 saturated carbocycles. The van der Waals surface area contributed by atoms with E-state index < -0.39 is 108 Å². The van der Waals surface area contributed by atoms with Crippen LogP contribution >= 0.6 is 0 Å². The number of hydrogen-bond acceptors (Lipinski definition) is 20. The number of dihydropyridines is 1. The van der Waals surface area contributed by atoms with Crippen LogP contribution < -0.4 is 10.1 Å². The number of carbonyl (C=O) groups excluding carboxylic acids is 4. The summed E-state index contributed by atoms with van der Waals surface area (Å²) in [6.07, 6.45) is -1.42. The number of nitrogens with zero attached hydrogens (tertiary/aromatic N) is 5. The first-order valence-corrected chi connectivity index (χ1v) is 18.9. The van der Waals surface area contributed by atoms with E-state index in [2.05, 4.69) is 5.32 Å². The van der Waals surface area contributed by atoms with E-state index >= 15 is 0 Å². The molecule has 0 aliphatic carbocycles. The third kappa shape index (κ3) is 11.6. The molecule has 25 nitrogen and oxygen atoms in total. The molecule has 0 saturated heterocycles. The molecule has 0 amide bonds. The summed E-state index contributed by atoms with van der Waals surface area (Å²) in [4.78, 5) is 105. The summed E-state index contributed by atoms with van der Waals surface area (Å²) >= 11 is 0. The van der Waals surface area contributed by atoms with Crippen molar-refractivity contribution >= 4 is 52.3 Å². The lowest BCUT2D eigenvalue weighted by molar-refractivity contribution is -0.394. The second-order valence-electron chi connectivity index (χ2n) is 14.0. The van der Waals surface area contributed by atoms with Crippen LogP contribution in [0.3, 0.4) is 0 Å². The van der Waals surface area contributed by atoms with E-state index in [0.717, 1.165) is 7.11 Å². The largest absolute Gasteiger partial charge is 0.490 e. The van der Waals surface area contributed by atoms with Gasteiger partial charge in [0, 0.05) is 54.2 Å². The van der Waals surface area contributed by atoms with E-state index in [1.807, 2.05) is 0 Å². The number of benzene rings is 4. The zero-order chi connectivity index (χ0) is 48.4. The number of allylic oxidation sites excluding steroid dienone is 2. The number of nitrogens with one attached hydrogen (secondary N) is 1. The minimum absolute atomic E-state index is 0.0151. The summed E-state index contributed by atoms with van der Waals surface area (Å²) in [5, 5.41) is 60.1. The predicted octanol–water partition coefficient (Wildman–Crippen LogP) is 5.88. The molecule has 0 unspecified atom stereocenters. The highest BCUT2D eigenvalue weighted by Gasteiger charge is 2.38. The van der Waals surface area contributed by atoms with Crippen molar-refractivity contribution in [3.8, 4) is 5.75 Å². The number of hydrogen-bond donors (Lipinski definition) is 1. The van der Waals surface area contributed by atoms with Crippen molar-refractivity contribution in [1.29, 1.82) is 0 Å². The van der Waals surface area contributed by atoms with Crippen molar-refractivity contribution < 1.29 is 67.5 Å². The Morgan fingerprint density at radius 2 is 1.09 bits per heavy atom. The van der Waals surface area contributed by atoms with E-state index in [1.54, 1.807) is 26.0 Å². The summed E-state index contributed by atoms with van der Waals surface area (Å²) < 4.78 is 26.8. The van der Waals surface area contributed by atoms with Gasteiger partial charge >= 0.3 is 23.9 Å². The van der Waals surface area contributed by atoms with Crippen LogP contribution in [0.15, 0.2) is 107 Å². The average Bonchev–Trinajstić information content (AvgIpc) is 3.29. The van der Waals surface area contributed by atoms with Crippen molar-refractivity contribution in [3.05, 3.63) is 180 Å². The highest BCUT2D eigenvalue weighted by molar-refractivity contribution is 6.00. The Bertz CT molecular complexity index is 2670. The number of esters is 4. The van der Waals surface area contributed by atoms with E-state index in [-0.39, 0.29) is 41.2 Å². The van der Waals surface area contributed by atoms with E-state index in [0.29, 0.717) is 53.4 Å². The minimum Gasteiger partial charge on any atom is -0.490 e. The molecule has 66 heavy (non-hydrogen) atoms. The summed E-state index contributed by atoms with van der Waals surface area (Å²) in [5.41, 5.74) is -3.13. The molecule has 5 rings (SSSR count). The van der Waals surface area contributed by atoms with Gasteiger partial charge in [0.25, 0.3) is 28.4 Å². The van der Waals surface area contributed by atoms with E-state index in [4.69, 9.17) is 23.7 Å². The lowest BCUT2D eigenvalue weighted by atomic mass is 9.80. The van der Waals surface area contributed by atoms with Crippen molar-refractivity contribution in [2.24, 2.45) is 0 Å². The monoisotopic (exact) mass is 914 g/mol. The molecular weight excluding hydrogens is 880 g/mol. The third-order valence-electron chi connectivity index (χ3n) is 9.58. The zero-order valence-corrected chi connectivity index (χ0v) is 34.6. The van der Waals surface area contributed by atoms with Gasteiger partial charge in [0.1, 0.15) is 19.0 Å². The quantitative estimate of drug-likeness (QED) is 0.0496. The number of rotatable bonds is 19. The van der Waals surface area contributed by atoms with Crippen molar-refractivity contribution in [2.75, 3.05) is 26.9 Å². The van der Waals surface area contributed by atoms with Gasteiger partial charge in [0.2, 0.25) is 0 Å². The van der Waals surface area contributed by atoms with Crippen LogP contribution in [0, 0.1) is 50.6 Å². The first kappa shape index (κ1) is 47.9. The van der Waals surface area contributed by atoms with Gasteiger partial charge in [-0.05, 0) is 37.1 Å². The first-order valence-electron chi connectivity index (χ1n) is 18.9. The van der Waals surface area contributed by atoms with Gasteiger partial charge < -0.3 is 29.0 Å². The van der Waals surface area contributed by atoms with Crippen LogP contribution in [0.2, 0.25) is 0 Å². The number of non-ortho nitro benzene ring substituents is 5.